The molecule has 0 radical (unpaired) electrons. The lowest BCUT2D eigenvalue weighted by molar-refractivity contribution is -0.129. The van der Waals surface area contributed by atoms with Gasteiger partial charge in [-0.1, -0.05) is 48.5 Å². The van der Waals surface area contributed by atoms with E-state index >= 15 is 0 Å². The largest absolute Gasteiger partial charge is 0.507 e. The molecular weight excluding hydrogens is 302 g/mol. The van der Waals surface area contributed by atoms with Crippen molar-refractivity contribution in [3.63, 3.8) is 0 Å². The third-order valence-corrected chi connectivity index (χ3v) is 3.87. The van der Waals surface area contributed by atoms with Crippen LogP contribution in [0.1, 0.15) is 11.1 Å². The highest BCUT2D eigenvalue weighted by atomic mass is 16.6. The van der Waals surface area contributed by atoms with Crippen molar-refractivity contribution in [1.82, 2.24) is 0 Å². The SMILES string of the molecule is O=C1OC(c2ccccc2)=NC1=Cc1c(O)ccc2ccccc12. The van der Waals surface area contributed by atoms with Gasteiger partial charge in [-0.25, -0.2) is 9.79 Å². The van der Waals surface area contributed by atoms with Gasteiger partial charge in [-0.15, -0.1) is 0 Å². The molecule has 1 heterocycles. The standard InChI is InChI=1S/C20H13NO3/c22-18-11-10-13-6-4-5-9-15(13)16(18)12-17-20(23)24-19(21-17)14-7-2-1-3-8-14/h1-12,22H. The summed E-state index contributed by atoms with van der Waals surface area (Å²) in [7, 11) is 0. The van der Waals surface area contributed by atoms with Crippen molar-refractivity contribution in [2.24, 2.45) is 4.99 Å². The van der Waals surface area contributed by atoms with Crippen LogP contribution in [-0.2, 0) is 9.53 Å². The fourth-order valence-electron chi connectivity index (χ4n) is 2.69. The van der Waals surface area contributed by atoms with Gasteiger partial charge >= 0.3 is 5.97 Å². The van der Waals surface area contributed by atoms with E-state index in [2.05, 4.69) is 4.99 Å². The molecule has 0 amide bonds. The Balaban J connectivity index is 1.83. The first-order chi connectivity index (χ1) is 11.7. The van der Waals surface area contributed by atoms with E-state index in [0.29, 0.717) is 5.56 Å². The van der Waals surface area contributed by atoms with Gasteiger partial charge in [-0.2, -0.15) is 0 Å². The Morgan fingerprint density at radius 2 is 1.67 bits per heavy atom. The third-order valence-electron chi connectivity index (χ3n) is 3.87. The Labute approximate surface area is 138 Å². The number of carbonyl (C=O) groups excluding carboxylic acids is 1. The molecule has 4 rings (SSSR count). The second-order valence-corrected chi connectivity index (χ2v) is 5.42. The highest BCUT2D eigenvalue weighted by Crippen LogP contribution is 2.30. The van der Waals surface area contributed by atoms with Crippen LogP contribution < -0.4 is 0 Å². The van der Waals surface area contributed by atoms with E-state index in [4.69, 9.17) is 4.74 Å². The fraction of sp³-hybridized carbons (Fsp3) is 0. The van der Waals surface area contributed by atoms with Crippen LogP contribution in [0.3, 0.4) is 0 Å². The Kier molecular flexibility index (Phi) is 3.35. The van der Waals surface area contributed by atoms with Gasteiger partial charge in [-0.05, 0) is 35.0 Å². The van der Waals surface area contributed by atoms with Crippen LogP contribution in [0.5, 0.6) is 5.75 Å². The number of cyclic esters (lactones) is 1. The van der Waals surface area contributed by atoms with Crippen LogP contribution in [0.2, 0.25) is 0 Å². The number of esters is 1. The quantitative estimate of drug-likeness (QED) is 0.576. The number of carbonyl (C=O) groups is 1. The summed E-state index contributed by atoms with van der Waals surface area (Å²) in [5.74, 6) is -0.162. The van der Waals surface area contributed by atoms with Gasteiger partial charge in [-0.3, -0.25) is 0 Å². The molecule has 116 valence electrons. The number of hydrogen-bond acceptors (Lipinski definition) is 4. The van der Waals surface area contributed by atoms with Gasteiger partial charge in [0.15, 0.2) is 5.70 Å². The summed E-state index contributed by atoms with van der Waals surface area (Å²) < 4.78 is 5.25. The van der Waals surface area contributed by atoms with Crippen LogP contribution in [0.4, 0.5) is 0 Å². The lowest BCUT2D eigenvalue weighted by Crippen LogP contribution is -2.04. The van der Waals surface area contributed by atoms with Gasteiger partial charge in [0.25, 0.3) is 0 Å². The van der Waals surface area contributed by atoms with E-state index in [1.54, 1.807) is 12.1 Å². The Bertz CT molecular complexity index is 1000. The number of rotatable bonds is 2. The molecule has 1 aliphatic heterocycles. The Morgan fingerprint density at radius 1 is 0.917 bits per heavy atom. The summed E-state index contributed by atoms with van der Waals surface area (Å²) in [4.78, 5) is 16.4. The Hall–Kier alpha value is -3.40. The average Bonchev–Trinajstić information content (AvgIpc) is 2.99. The molecule has 0 aromatic heterocycles. The average molecular weight is 315 g/mol. The molecule has 4 nitrogen and oxygen atoms in total. The summed E-state index contributed by atoms with van der Waals surface area (Å²) in [6, 6.07) is 20.3. The third kappa shape index (κ3) is 2.44. The van der Waals surface area contributed by atoms with Gasteiger partial charge in [0.05, 0.1) is 0 Å². The van der Waals surface area contributed by atoms with E-state index in [1.807, 2.05) is 60.7 Å². The highest BCUT2D eigenvalue weighted by molar-refractivity contribution is 6.13. The van der Waals surface area contributed by atoms with Gasteiger partial charge in [0.2, 0.25) is 5.90 Å². The maximum absolute atomic E-state index is 12.1. The van der Waals surface area contributed by atoms with E-state index in [-0.39, 0.29) is 17.3 Å². The van der Waals surface area contributed by atoms with Crippen molar-refractivity contribution in [3.8, 4) is 5.75 Å². The first-order valence-electron chi connectivity index (χ1n) is 7.51. The number of phenolic OH excluding ortho intramolecular Hbond substituents is 1. The first-order valence-corrected chi connectivity index (χ1v) is 7.51. The second kappa shape index (κ2) is 5.66. The van der Waals surface area contributed by atoms with Crippen molar-refractivity contribution in [1.29, 1.82) is 0 Å². The molecule has 0 unspecified atom stereocenters. The zero-order valence-corrected chi connectivity index (χ0v) is 12.6. The number of fused-ring (bicyclic) bond motifs is 1. The predicted octanol–water partition coefficient (Wildman–Crippen LogP) is 3.89. The number of phenols is 1. The smallest absolute Gasteiger partial charge is 0.363 e. The first kappa shape index (κ1) is 14.2. The molecule has 24 heavy (non-hydrogen) atoms. The normalized spacial score (nSPS) is 15.6. The molecule has 0 fully saturated rings. The lowest BCUT2D eigenvalue weighted by Gasteiger charge is -2.05. The van der Waals surface area contributed by atoms with Crippen LogP contribution in [0.15, 0.2) is 77.4 Å². The minimum atomic E-state index is -0.527. The minimum Gasteiger partial charge on any atom is -0.507 e. The second-order valence-electron chi connectivity index (χ2n) is 5.42. The van der Waals surface area contributed by atoms with Crippen molar-refractivity contribution in [3.05, 3.63) is 83.6 Å². The fourth-order valence-corrected chi connectivity index (χ4v) is 2.69. The Morgan fingerprint density at radius 3 is 2.50 bits per heavy atom. The van der Waals surface area contributed by atoms with E-state index in [1.165, 1.54) is 0 Å². The van der Waals surface area contributed by atoms with E-state index < -0.39 is 5.97 Å². The number of nitrogens with zero attached hydrogens (tertiary/aromatic N) is 1. The van der Waals surface area contributed by atoms with E-state index in [0.717, 1.165) is 16.3 Å². The summed E-state index contributed by atoms with van der Waals surface area (Å²) in [6.07, 6.45) is 1.57. The molecule has 0 atom stereocenters. The van der Waals surface area contributed by atoms with Crippen LogP contribution in [-0.4, -0.2) is 17.0 Å². The number of aliphatic imine (C=N–C) groups is 1. The zero-order chi connectivity index (χ0) is 16.5. The van der Waals surface area contributed by atoms with Crippen LogP contribution in [0.25, 0.3) is 16.8 Å². The molecule has 3 aromatic rings. The summed E-state index contributed by atoms with van der Waals surface area (Å²) in [5.41, 5.74) is 1.45. The molecule has 0 saturated heterocycles. The molecule has 0 aliphatic carbocycles. The highest BCUT2D eigenvalue weighted by Gasteiger charge is 2.24. The molecule has 0 bridgehead atoms. The van der Waals surface area contributed by atoms with Crippen molar-refractivity contribution < 1.29 is 14.6 Å². The van der Waals surface area contributed by atoms with Crippen molar-refractivity contribution in [2.45, 2.75) is 0 Å². The lowest BCUT2D eigenvalue weighted by atomic mass is 10.0. The minimum absolute atomic E-state index is 0.0948. The van der Waals surface area contributed by atoms with E-state index in [9.17, 15) is 9.90 Å². The molecule has 3 aromatic carbocycles. The number of hydrogen-bond donors (Lipinski definition) is 1. The molecular formula is C20H13NO3. The summed E-state index contributed by atoms with van der Waals surface area (Å²) in [5, 5.41) is 12.0. The van der Waals surface area contributed by atoms with Crippen LogP contribution in [0, 0.1) is 0 Å². The summed E-state index contributed by atoms with van der Waals surface area (Å²) in [6.45, 7) is 0. The molecule has 0 saturated carbocycles. The number of aromatic hydroxyl groups is 1. The maximum Gasteiger partial charge on any atom is 0.363 e. The molecule has 1 aliphatic rings. The van der Waals surface area contributed by atoms with Crippen LogP contribution >= 0.6 is 0 Å². The number of benzene rings is 3. The molecule has 4 heteroatoms. The van der Waals surface area contributed by atoms with Crippen molar-refractivity contribution >= 4 is 28.7 Å². The predicted molar refractivity (Wildman–Crippen MR) is 92.7 cm³/mol. The summed E-state index contributed by atoms with van der Waals surface area (Å²) >= 11 is 0. The van der Waals surface area contributed by atoms with Gasteiger partial charge in [0, 0.05) is 11.1 Å². The molecule has 0 spiro atoms. The maximum atomic E-state index is 12.1. The van der Waals surface area contributed by atoms with Crippen molar-refractivity contribution in [2.75, 3.05) is 0 Å². The molecule has 1 N–H and O–H groups in total. The number of ether oxygens (including phenoxy) is 1. The zero-order valence-electron chi connectivity index (χ0n) is 12.6. The monoisotopic (exact) mass is 315 g/mol. The topological polar surface area (TPSA) is 58.9 Å². The van der Waals surface area contributed by atoms with Gasteiger partial charge < -0.3 is 9.84 Å². The van der Waals surface area contributed by atoms with Gasteiger partial charge in [0.1, 0.15) is 5.75 Å².